The van der Waals surface area contributed by atoms with Crippen LogP contribution in [0.25, 0.3) is 0 Å². The van der Waals surface area contributed by atoms with E-state index < -0.39 is 0 Å². The van der Waals surface area contributed by atoms with Crippen molar-refractivity contribution in [2.75, 3.05) is 210 Å². The molecule has 4 fully saturated rings. The van der Waals surface area contributed by atoms with Crippen molar-refractivity contribution in [1.29, 1.82) is 0 Å². The summed E-state index contributed by atoms with van der Waals surface area (Å²) in [6.07, 6.45) is 59.4. The second-order valence-electron chi connectivity index (χ2n) is 29.8. The first-order chi connectivity index (χ1) is 49.2. The molecule has 4 rings (SSSR count). The van der Waals surface area contributed by atoms with Crippen molar-refractivity contribution in [1.82, 2.24) is 55.6 Å². The number of nitrogens with zero attached hydrogens (tertiary/aromatic N) is 7. The van der Waals surface area contributed by atoms with Gasteiger partial charge in [-0.25, -0.2) is 0 Å². The SMILES string of the molecule is C.C=CO.C=CO.CCCCCCCCCCC(O)CN(CCCCCN)CCN1CCCCC1.CCCCCCCCCCN(CCN)CCNCCN1CCCCC1.CCCCCCCCCCNCCCCCNCCN1CCCCC1.CN1CCN(CCNCCCCCN)CC1. The normalized spacial score (nSPS) is 15.7. The van der Waals surface area contributed by atoms with Crippen molar-refractivity contribution in [3.63, 3.8) is 0 Å². The molecule has 608 valence electrons. The molecule has 0 radical (unpaired) electrons. The second kappa shape index (κ2) is 89.1. The van der Waals surface area contributed by atoms with Gasteiger partial charge >= 0.3 is 0 Å². The summed E-state index contributed by atoms with van der Waals surface area (Å²) < 4.78 is 0. The summed E-state index contributed by atoms with van der Waals surface area (Å²) in [5.74, 6) is 0. The lowest BCUT2D eigenvalue weighted by molar-refractivity contribution is 0.0919. The van der Waals surface area contributed by atoms with E-state index in [1.165, 1.54) is 388 Å². The quantitative estimate of drug-likeness (QED) is 0.0203. The largest absolute Gasteiger partial charge is 0.516 e. The van der Waals surface area contributed by atoms with Gasteiger partial charge in [-0.1, -0.05) is 221 Å². The van der Waals surface area contributed by atoms with Gasteiger partial charge in [0.25, 0.3) is 0 Å². The maximum Gasteiger partial charge on any atom is 0.0719 e. The van der Waals surface area contributed by atoms with Crippen LogP contribution < -0.4 is 38.5 Å². The van der Waals surface area contributed by atoms with Crippen LogP contribution in [0.2, 0.25) is 0 Å². The average Bonchev–Trinajstić information content (AvgIpc) is 1.46. The number of hydrogen-bond donors (Lipinski definition) is 10. The lowest BCUT2D eigenvalue weighted by Crippen LogP contribution is -2.46. The molecule has 4 aliphatic heterocycles. The minimum atomic E-state index is -0.157. The van der Waals surface area contributed by atoms with Crippen LogP contribution in [0.4, 0.5) is 0 Å². The molecular weight excluding hydrogens is 1250 g/mol. The first-order valence-corrected chi connectivity index (χ1v) is 43.4. The van der Waals surface area contributed by atoms with E-state index in [1.807, 2.05) is 0 Å². The zero-order valence-electron chi connectivity index (χ0n) is 67.7. The monoisotopic (exact) mass is 1440 g/mol. The molecule has 0 aliphatic carbocycles. The van der Waals surface area contributed by atoms with Gasteiger partial charge in [-0.15, -0.1) is 0 Å². The van der Waals surface area contributed by atoms with Crippen molar-refractivity contribution >= 4 is 0 Å². The standard InChI is InChI=1S/C24H51N3O.C22H47N3.C21H46N4.C12H28N4.2C2H4O.CH4/c1-2-3-4-5-6-7-8-11-16-24(28)23-27(20-13-9-12-17-25)22-21-26-18-14-10-15-19-26;1-2-3-4-5-6-7-8-11-16-23-17-12-9-13-18-24-19-22-25-20-14-10-15-21-25;1-2-3-4-5-6-7-8-10-18-25(19-13-22)21-15-23-14-20-24-16-11-9-12-17-24;1-15-9-11-16(12-10-15)8-7-14-6-4-2-3-5-13;2*1-2-3;/h24,28H,2-23,25H2,1H3;23-24H,2-22H2,1H3;23H,2-22H2,1H3;14H,2-13H2,1H3;2*2-3H,1H2;1H4. The molecule has 0 aromatic heterocycles. The molecule has 4 aliphatic rings. The number of aliphatic hydroxyl groups is 3. The van der Waals surface area contributed by atoms with Crippen LogP contribution >= 0.6 is 0 Å². The van der Waals surface area contributed by atoms with Crippen molar-refractivity contribution in [3.05, 3.63) is 25.7 Å². The molecule has 4 saturated heterocycles. The van der Waals surface area contributed by atoms with E-state index in [4.69, 9.17) is 27.4 Å². The number of likely N-dealkylation sites (N-methyl/N-ethyl adjacent to an activating group) is 1. The van der Waals surface area contributed by atoms with E-state index in [0.717, 1.165) is 104 Å². The van der Waals surface area contributed by atoms with Gasteiger partial charge in [0, 0.05) is 111 Å². The van der Waals surface area contributed by atoms with Crippen LogP contribution in [0.3, 0.4) is 0 Å². The van der Waals surface area contributed by atoms with Gasteiger partial charge in [0.1, 0.15) is 0 Å². The zero-order valence-corrected chi connectivity index (χ0v) is 67.7. The van der Waals surface area contributed by atoms with E-state index in [2.05, 4.69) is 96.5 Å². The lowest BCUT2D eigenvalue weighted by Gasteiger charge is -2.32. The zero-order chi connectivity index (χ0) is 73.2. The minimum absolute atomic E-state index is 0. The van der Waals surface area contributed by atoms with Crippen molar-refractivity contribution in [2.24, 2.45) is 17.2 Å². The topological polar surface area (TPSA) is 210 Å². The molecular formula is C84H184N14O3. The fourth-order valence-corrected chi connectivity index (χ4v) is 13.8. The summed E-state index contributed by atoms with van der Waals surface area (Å²) in [7, 11) is 2.20. The van der Waals surface area contributed by atoms with Gasteiger partial charge in [-0.3, -0.25) is 9.80 Å². The average molecular weight is 1440 g/mol. The number of nitrogens with two attached hydrogens (primary N) is 3. The third kappa shape index (κ3) is 80.9. The Balaban J connectivity index is -0.00000125. The molecule has 13 N–H and O–H groups in total. The van der Waals surface area contributed by atoms with Crippen LogP contribution in [0.15, 0.2) is 25.7 Å². The van der Waals surface area contributed by atoms with Crippen LogP contribution in [0.1, 0.15) is 304 Å². The third-order valence-corrected chi connectivity index (χ3v) is 20.4. The van der Waals surface area contributed by atoms with E-state index in [9.17, 15) is 5.11 Å². The predicted molar refractivity (Wildman–Crippen MR) is 449 cm³/mol. The molecule has 0 aromatic carbocycles. The van der Waals surface area contributed by atoms with Gasteiger partial charge < -0.3 is 78.3 Å². The molecule has 17 heteroatoms. The van der Waals surface area contributed by atoms with Gasteiger partial charge in [-0.2, -0.15) is 0 Å². The Morgan fingerprint density at radius 1 is 0.337 bits per heavy atom. The number of rotatable bonds is 62. The highest BCUT2D eigenvalue weighted by Crippen LogP contribution is 2.15. The van der Waals surface area contributed by atoms with Gasteiger partial charge in [0.2, 0.25) is 0 Å². The van der Waals surface area contributed by atoms with E-state index in [1.54, 1.807) is 0 Å². The number of nitrogens with one attached hydrogen (secondary N) is 4. The molecule has 0 saturated carbocycles. The predicted octanol–water partition coefficient (Wildman–Crippen LogP) is 15.2. The molecule has 0 amide bonds. The van der Waals surface area contributed by atoms with E-state index in [-0.39, 0.29) is 13.5 Å². The summed E-state index contributed by atoms with van der Waals surface area (Å²) in [6.45, 7) is 48.4. The van der Waals surface area contributed by atoms with Crippen LogP contribution in [-0.2, 0) is 0 Å². The molecule has 0 bridgehead atoms. The smallest absolute Gasteiger partial charge is 0.0719 e. The maximum atomic E-state index is 10.6. The maximum absolute atomic E-state index is 10.6. The van der Waals surface area contributed by atoms with Crippen molar-refractivity contribution in [3.8, 4) is 0 Å². The van der Waals surface area contributed by atoms with Gasteiger partial charge in [0.15, 0.2) is 0 Å². The summed E-state index contributed by atoms with van der Waals surface area (Å²) in [6, 6.07) is 0. The number of likely N-dealkylation sites (tertiary alicyclic amines) is 3. The van der Waals surface area contributed by atoms with Crippen LogP contribution in [0, 0.1) is 0 Å². The number of piperazine rings is 1. The summed E-state index contributed by atoms with van der Waals surface area (Å²) >= 11 is 0. The molecule has 101 heavy (non-hydrogen) atoms. The lowest BCUT2D eigenvalue weighted by atomic mass is 10.1. The summed E-state index contributed by atoms with van der Waals surface area (Å²) in [4.78, 5) is 17.8. The van der Waals surface area contributed by atoms with E-state index in [0.29, 0.717) is 0 Å². The summed E-state index contributed by atoms with van der Waals surface area (Å²) in [5.41, 5.74) is 16.9. The Bertz CT molecular complexity index is 1500. The summed E-state index contributed by atoms with van der Waals surface area (Å²) in [5, 5.41) is 39.6. The first-order valence-electron chi connectivity index (χ1n) is 43.4. The van der Waals surface area contributed by atoms with Gasteiger partial charge in [-0.05, 0) is 195 Å². The molecule has 17 nitrogen and oxygen atoms in total. The Labute approximate surface area is 631 Å². The van der Waals surface area contributed by atoms with E-state index >= 15 is 0 Å². The minimum Gasteiger partial charge on any atom is -0.516 e. The van der Waals surface area contributed by atoms with Crippen LogP contribution in [0.5, 0.6) is 0 Å². The Kier molecular flexibility index (Phi) is 91.4. The third-order valence-electron chi connectivity index (χ3n) is 20.4. The first kappa shape index (κ1) is 104. The Morgan fingerprint density at radius 2 is 0.644 bits per heavy atom. The highest BCUT2D eigenvalue weighted by Gasteiger charge is 2.17. The molecule has 0 aromatic rings. The fourth-order valence-electron chi connectivity index (χ4n) is 13.8. The molecule has 1 atom stereocenters. The van der Waals surface area contributed by atoms with Crippen molar-refractivity contribution < 1.29 is 15.3 Å². The Hall–Kier alpha value is -1.52. The second-order valence-corrected chi connectivity index (χ2v) is 29.8. The van der Waals surface area contributed by atoms with Crippen molar-refractivity contribution in [2.45, 2.75) is 310 Å². The highest BCUT2D eigenvalue weighted by atomic mass is 16.3. The van der Waals surface area contributed by atoms with Crippen LogP contribution in [-0.4, -0.2) is 266 Å². The number of unbranched alkanes of at least 4 members (excludes halogenated alkanes) is 27. The number of hydrogen-bond acceptors (Lipinski definition) is 17. The number of aliphatic hydroxyl groups excluding tert-OH is 3. The Morgan fingerprint density at radius 3 is 1.04 bits per heavy atom. The molecule has 0 spiro atoms. The highest BCUT2D eigenvalue weighted by molar-refractivity contribution is 4.73. The van der Waals surface area contributed by atoms with Gasteiger partial charge in [0.05, 0.1) is 18.6 Å². The fraction of sp³-hybridized carbons (Fsp3) is 0.952. The molecule has 4 heterocycles. The molecule has 1 unspecified atom stereocenters. The number of piperidine rings is 3.